The molecular formula is C18H26AlN2O+. The molecule has 0 amide bonds. The van der Waals surface area contributed by atoms with Crippen LogP contribution < -0.4 is 0 Å². The Labute approximate surface area is 138 Å². The Kier molecular flexibility index (Phi) is 6.58. The summed E-state index contributed by atoms with van der Waals surface area (Å²) in [5.74, 6) is 0.322. The highest BCUT2D eigenvalue weighted by molar-refractivity contribution is 6.68. The van der Waals surface area contributed by atoms with Crippen molar-refractivity contribution in [2.24, 2.45) is 15.9 Å². The predicted octanol–water partition coefficient (Wildman–Crippen LogP) is 4.56. The van der Waals surface area contributed by atoms with Crippen molar-refractivity contribution in [1.29, 1.82) is 0 Å². The lowest BCUT2D eigenvalue weighted by Crippen LogP contribution is -2.27. The third kappa shape index (κ3) is 3.58. The molecule has 0 radical (unpaired) electrons. The molecule has 22 heavy (non-hydrogen) atoms. The molecule has 1 aliphatic carbocycles. The first kappa shape index (κ1) is 17.2. The van der Waals surface area contributed by atoms with Gasteiger partial charge in [-0.1, -0.05) is 24.4 Å². The molecule has 116 valence electrons. The van der Waals surface area contributed by atoms with E-state index in [1.54, 1.807) is 17.7 Å². The first-order valence-electron chi connectivity index (χ1n) is 8.33. The number of aliphatic imine (C=N–C) groups is 2. The van der Waals surface area contributed by atoms with E-state index in [2.05, 4.69) is 36.1 Å². The molecule has 1 heterocycles. The van der Waals surface area contributed by atoms with Crippen molar-refractivity contribution in [3.8, 4) is 0 Å². The van der Waals surface area contributed by atoms with E-state index in [9.17, 15) is 0 Å². The highest BCUT2D eigenvalue weighted by atomic mass is 27.2. The minimum atomic E-state index is -0.862. The molecule has 1 atom stereocenters. The zero-order chi connectivity index (χ0) is 15.9. The zero-order valence-electron chi connectivity index (χ0n) is 14.2. The van der Waals surface area contributed by atoms with Crippen LogP contribution in [0.15, 0.2) is 37.4 Å². The molecule has 1 unspecified atom stereocenters. The van der Waals surface area contributed by atoms with Crippen molar-refractivity contribution >= 4 is 31.6 Å². The minimum Gasteiger partial charge on any atom is -0.472 e. The van der Waals surface area contributed by atoms with Crippen molar-refractivity contribution in [3.63, 3.8) is 0 Å². The molecule has 0 bridgehead atoms. The van der Waals surface area contributed by atoms with Gasteiger partial charge in [-0.2, -0.15) is 0 Å². The van der Waals surface area contributed by atoms with E-state index in [1.165, 1.54) is 34.5 Å². The molecule has 1 aliphatic rings. The van der Waals surface area contributed by atoms with Gasteiger partial charge < -0.3 is 4.42 Å². The Balaban J connectivity index is 2.55. The van der Waals surface area contributed by atoms with Crippen LogP contribution in [-0.4, -0.2) is 40.2 Å². The summed E-state index contributed by atoms with van der Waals surface area (Å²) in [5.41, 5.74) is 3.69. The molecule has 2 rings (SSSR count). The van der Waals surface area contributed by atoms with Gasteiger partial charge in [-0.15, -0.1) is 4.44 Å². The predicted molar refractivity (Wildman–Crippen MR) is 96.4 cm³/mol. The van der Waals surface area contributed by atoms with Crippen LogP contribution in [0.3, 0.4) is 0 Å². The van der Waals surface area contributed by atoms with Crippen molar-refractivity contribution in [1.82, 2.24) is 0 Å². The number of hydrogen-bond donors (Lipinski definition) is 0. The highest BCUT2D eigenvalue weighted by Gasteiger charge is 2.36. The van der Waals surface area contributed by atoms with E-state index in [0.29, 0.717) is 5.92 Å². The van der Waals surface area contributed by atoms with Gasteiger partial charge in [0.2, 0.25) is 0 Å². The largest absolute Gasteiger partial charge is 0.472 e. The van der Waals surface area contributed by atoms with Crippen LogP contribution >= 0.6 is 0 Å². The monoisotopic (exact) mass is 313 g/mol. The molecule has 0 saturated heterocycles. The standard InChI is InChI=1S/C14H16N2O.2C2H5.Al/c1-15-9-14(16-2)13-6-4-3-5-12(13)11-7-8-17-10-11;2*1-2;/h7-8,10,13H,3-4,6H2,1-2H3;2*1H2,2H3;/q+1;;;. The smallest absolute Gasteiger partial charge is 0.421 e. The number of nitrogens with zero attached hydrogens (tertiary/aromatic N) is 2. The third-order valence-electron chi connectivity index (χ3n) is 4.74. The van der Waals surface area contributed by atoms with Gasteiger partial charge in [0.1, 0.15) is 0 Å². The summed E-state index contributed by atoms with van der Waals surface area (Å²) in [7, 11) is 3.62. The lowest BCUT2D eigenvalue weighted by atomic mass is 9.81. The maximum atomic E-state index is 5.38. The Morgan fingerprint density at radius 1 is 1.36 bits per heavy atom. The molecule has 0 N–H and O–H groups in total. The Bertz CT molecular complexity index is 554. The van der Waals surface area contributed by atoms with E-state index in [-0.39, 0.29) is 0 Å². The first-order valence-corrected chi connectivity index (χ1v) is 10.5. The lowest BCUT2D eigenvalue weighted by Gasteiger charge is -2.28. The zero-order valence-corrected chi connectivity index (χ0v) is 15.4. The molecule has 0 aliphatic heterocycles. The normalized spacial score (nSPS) is 19.6. The molecule has 0 fully saturated rings. The Morgan fingerprint density at radius 3 is 2.68 bits per heavy atom. The van der Waals surface area contributed by atoms with E-state index in [1.807, 2.05) is 13.3 Å². The fraction of sp³-hybridized carbons (Fsp3) is 0.556. The van der Waals surface area contributed by atoms with E-state index in [0.717, 1.165) is 12.1 Å². The third-order valence-corrected chi connectivity index (χ3v) is 8.30. The van der Waals surface area contributed by atoms with Gasteiger partial charge in [0.25, 0.3) is 14.1 Å². The maximum Gasteiger partial charge on any atom is 0.421 e. The quantitative estimate of drug-likeness (QED) is 0.431. The number of furan rings is 1. The summed E-state index contributed by atoms with van der Waals surface area (Å²) in [4.78, 5) is 8.56. The highest BCUT2D eigenvalue weighted by Crippen LogP contribution is 2.40. The van der Waals surface area contributed by atoms with Gasteiger partial charge >= 0.3 is 11.9 Å². The second-order valence-corrected chi connectivity index (χ2v) is 9.58. The average molecular weight is 313 g/mol. The van der Waals surface area contributed by atoms with Crippen LogP contribution in [0.5, 0.6) is 0 Å². The van der Waals surface area contributed by atoms with Gasteiger partial charge in [-0.25, -0.2) is 4.99 Å². The van der Waals surface area contributed by atoms with Crippen molar-refractivity contribution in [2.75, 3.05) is 14.1 Å². The lowest BCUT2D eigenvalue weighted by molar-refractivity contribution is 0.565. The number of hydrogen-bond acceptors (Lipinski definition) is 3. The van der Waals surface area contributed by atoms with Gasteiger partial charge in [0.15, 0.2) is 0 Å². The van der Waals surface area contributed by atoms with Crippen LogP contribution in [0.1, 0.15) is 38.7 Å². The van der Waals surface area contributed by atoms with Crippen molar-refractivity contribution in [3.05, 3.63) is 28.6 Å². The van der Waals surface area contributed by atoms with Crippen LogP contribution in [0.4, 0.5) is 0 Å². The van der Waals surface area contributed by atoms with E-state index >= 15 is 0 Å². The molecule has 0 aromatic carbocycles. The Morgan fingerprint density at radius 2 is 2.14 bits per heavy atom. The molecule has 1 aromatic heterocycles. The SMILES string of the molecule is C[CH2][Al]([CH2]C)[C]1=C(c2ccoc2)C(C([C+]=NC)=NC)CCC1. The van der Waals surface area contributed by atoms with E-state index in [4.69, 9.17) is 4.42 Å². The van der Waals surface area contributed by atoms with E-state index < -0.39 is 14.1 Å². The molecule has 3 nitrogen and oxygen atoms in total. The molecule has 0 spiro atoms. The topological polar surface area (TPSA) is 37.9 Å². The van der Waals surface area contributed by atoms with Crippen LogP contribution in [0, 0.1) is 5.92 Å². The Hall–Kier alpha value is -1.20. The van der Waals surface area contributed by atoms with Crippen LogP contribution in [0.25, 0.3) is 5.57 Å². The molecular weight excluding hydrogens is 287 g/mol. The summed E-state index contributed by atoms with van der Waals surface area (Å²) >= 11 is -0.862. The van der Waals surface area contributed by atoms with Gasteiger partial charge in [-0.05, 0) is 35.9 Å². The fourth-order valence-corrected chi connectivity index (χ4v) is 6.66. The summed E-state index contributed by atoms with van der Waals surface area (Å²) in [6, 6.07) is 2.10. The molecule has 4 heteroatoms. The van der Waals surface area contributed by atoms with Gasteiger partial charge in [-0.3, -0.25) is 0 Å². The first-order chi connectivity index (χ1) is 10.8. The van der Waals surface area contributed by atoms with Gasteiger partial charge in [0.05, 0.1) is 25.5 Å². The van der Waals surface area contributed by atoms with Crippen molar-refractivity contribution < 1.29 is 4.42 Å². The second kappa shape index (κ2) is 8.44. The van der Waals surface area contributed by atoms with Crippen LogP contribution in [0.2, 0.25) is 10.6 Å². The average Bonchev–Trinajstić information content (AvgIpc) is 3.07. The summed E-state index contributed by atoms with van der Waals surface area (Å²) in [6.45, 7) is 4.69. The summed E-state index contributed by atoms with van der Waals surface area (Å²) in [6.07, 6.45) is 10.4. The summed E-state index contributed by atoms with van der Waals surface area (Å²) in [5, 5.41) is 2.65. The minimum absolute atomic E-state index is 0.322. The van der Waals surface area contributed by atoms with Crippen LogP contribution in [-0.2, 0) is 0 Å². The number of rotatable bonds is 6. The molecule has 1 aromatic rings. The second-order valence-electron chi connectivity index (χ2n) is 5.85. The fourth-order valence-electron chi connectivity index (χ4n) is 3.68. The molecule has 0 saturated carbocycles. The maximum absolute atomic E-state index is 5.38. The van der Waals surface area contributed by atoms with Crippen molar-refractivity contribution in [2.45, 2.75) is 43.7 Å². The van der Waals surface area contributed by atoms with Gasteiger partial charge in [0, 0.05) is 12.6 Å². The number of allylic oxidation sites excluding steroid dienone is 2. The summed E-state index contributed by atoms with van der Waals surface area (Å²) < 4.78 is 7.11.